The number of Topliss-reactive ketones (excluding diaryl/α,β-unsaturated/α-hetero) is 1. The van der Waals surface area contributed by atoms with Gasteiger partial charge in [-0.2, -0.15) is 0 Å². The highest BCUT2D eigenvalue weighted by Crippen LogP contribution is 2.24. The molecule has 0 saturated heterocycles. The Morgan fingerprint density at radius 2 is 2.04 bits per heavy atom. The Morgan fingerprint density at radius 3 is 2.75 bits per heavy atom. The third-order valence-electron chi connectivity index (χ3n) is 4.81. The number of ketones is 1. The molecule has 0 radical (unpaired) electrons. The Kier molecular flexibility index (Phi) is 6.52. The second kappa shape index (κ2) is 9.06. The molecule has 0 bridgehead atoms. The lowest BCUT2D eigenvalue weighted by Gasteiger charge is -2.08. The van der Waals surface area contributed by atoms with Crippen LogP contribution in [0.15, 0.2) is 58.7 Å². The Balaban J connectivity index is 1.59. The van der Waals surface area contributed by atoms with Crippen molar-refractivity contribution in [3.8, 4) is 0 Å². The molecule has 146 valence electrons. The van der Waals surface area contributed by atoms with Crippen LogP contribution in [-0.4, -0.2) is 26.3 Å². The second-order valence-corrected chi connectivity index (χ2v) is 7.80. The summed E-state index contributed by atoms with van der Waals surface area (Å²) in [4.78, 5) is 12.6. The number of aryl methyl sites for hydroxylation is 1. The van der Waals surface area contributed by atoms with Crippen LogP contribution in [0.5, 0.6) is 0 Å². The van der Waals surface area contributed by atoms with Gasteiger partial charge in [-0.3, -0.25) is 4.79 Å². The topological polar surface area (TPSA) is 60.9 Å². The number of allylic oxidation sites excluding steroid dienone is 1. The lowest BCUT2D eigenvalue weighted by molar-refractivity contribution is 0.102. The van der Waals surface area contributed by atoms with E-state index in [0.717, 1.165) is 17.0 Å². The largest absolute Gasteiger partial charge is 0.416 e. The lowest BCUT2D eigenvalue weighted by atomic mass is 9.98. The van der Waals surface area contributed by atoms with E-state index in [-0.39, 0.29) is 17.5 Å². The highest BCUT2D eigenvalue weighted by molar-refractivity contribution is 7.99. The Hall–Kier alpha value is -2.60. The van der Waals surface area contributed by atoms with Gasteiger partial charge in [-0.05, 0) is 31.4 Å². The molecule has 2 aromatic heterocycles. The molecule has 0 amide bonds. The number of hydrogen-bond acceptors (Lipinski definition) is 5. The predicted molar refractivity (Wildman–Crippen MR) is 112 cm³/mol. The van der Waals surface area contributed by atoms with Crippen LogP contribution >= 0.6 is 11.8 Å². The molecule has 0 aliphatic carbocycles. The van der Waals surface area contributed by atoms with Gasteiger partial charge >= 0.3 is 0 Å². The van der Waals surface area contributed by atoms with E-state index in [9.17, 15) is 4.79 Å². The molecule has 1 aromatic carbocycles. The Morgan fingerprint density at radius 1 is 1.29 bits per heavy atom. The molecule has 0 fully saturated rings. The van der Waals surface area contributed by atoms with Crippen LogP contribution < -0.4 is 0 Å². The van der Waals surface area contributed by atoms with E-state index in [1.54, 1.807) is 0 Å². The summed E-state index contributed by atoms with van der Waals surface area (Å²) in [6.07, 6.45) is 2.51. The third-order valence-corrected chi connectivity index (χ3v) is 5.63. The van der Waals surface area contributed by atoms with E-state index < -0.39 is 0 Å². The molecule has 1 atom stereocenters. The maximum atomic E-state index is 12.6. The van der Waals surface area contributed by atoms with Crippen LogP contribution in [0.25, 0.3) is 0 Å². The van der Waals surface area contributed by atoms with Crippen molar-refractivity contribution in [2.45, 2.75) is 44.9 Å². The number of aromatic nitrogens is 3. The fraction of sp³-hybridized carbons (Fsp3) is 0.318. The highest BCUT2D eigenvalue weighted by atomic mass is 32.2. The summed E-state index contributed by atoms with van der Waals surface area (Å²) in [7, 11) is 0. The van der Waals surface area contributed by atoms with Crippen molar-refractivity contribution >= 4 is 17.5 Å². The summed E-state index contributed by atoms with van der Waals surface area (Å²) < 4.78 is 7.81. The minimum atomic E-state index is 0.0609. The zero-order valence-electron chi connectivity index (χ0n) is 16.5. The van der Waals surface area contributed by atoms with Crippen LogP contribution in [0.4, 0.5) is 0 Å². The molecule has 1 unspecified atom stereocenters. The van der Waals surface area contributed by atoms with E-state index in [4.69, 9.17) is 4.42 Å². The fourth-order valence-electron chi connectivity index (χ4n) is 3.24. The van der Waals surface area contributed by atoms with Gasteiger partial charge in [-0.15, -0.1) is 16.8 Å². The van der Waals surface area contributed by atoms with Crippen molar-refractivity contribution in [2.24, 2.45) is 0 Å². The first-order chi connectivity index (χ1) is 13.5. The molecule has 0 aliphatic rings. The monoisotopic (exact) mass is 395 g/mol. The maximum Gasteiger partial charge on any atom is 0.277 e. The second-order valence-electron chi connectivity index (χ2n) is 6.87. The average molecular weight is 396 g/mol. The van der Waals surface area contributed by atoms with Crippen molar-refractivity contribution < 1.29 is 9.21 Å². The number of rotatable bonds is 9. The first kappa shape index (κ1) is 20.1. The zero-order chi connectivity index (χ0) is 20.1. The summed E-state index contributed by atoms with van der Waals surface area (Å²) >= 11 is 1.29. The summed E-state index contributed by atoms with van der Waals surface area (Å²) in [6, 6.07) is 12.2. The van der Waals surface area contributed by atoms with E-state index in [1.165, 1.54) is 17.3 Å². The van der Waals surface area contributed by atoms with Gasteiger partial charge in [-0.25, -0.2) is 0 Å². The summed E-state index contributed by atoms with van der Waals surface area (Å²) in [6.45, 7) is 10.6. The van der Waals surface area contributed by atoms with E-state index in [0.29, 0.717) is 24.1 Å². The molecule has 6 heteroatoms. The van der Waals surface area contributed by atoms with Gasteiger partial charge in [0.2, 0.25) is 5.89 Å². The number of nitrogens with zero attached hydrogens (tertiary/aromatic N) is 3. The number of thioether (sulfide) groups is 1. The van der Waals surface area contributed by atoms with Crippen molar-refractivity contribution in [1.29, 1.82) is 0 Å². The molecule has 3 rings (SSSR count). The molecule has 28 heavy (non-hydrogen) atoms. The molecule has 5 nitrogen and oxygen atoms in total. The molecule has 3 aromatic rings. The van der Waals surface area contributed by atoms with Gasteiger partial charge < -0.3 is 8.98 Å². The smallest absolute Gasteiger partial charge is 0.277 e. The number of carbonyl (C=O) groups excluding carboxylic acids is 1. The fourth-order valence-corrected chi connectivity index (χ4v) is 3.90. The molecule has 0 spiro atoms. The van der Waals surface area contributed by atoms with Gasteiger partial charge in [-0.1, -0.05) is 55.1 Å². The molecule has 0 aliphatic heterocycles. The van der Waals surface area contributed by atoms with Crippen molar-refractivity contribution in [3.05, 3.63) is 77.5 Å². The first-order valence-corrected chi connectivity index (χ1v) is 10.3. The zero-order valence-corrected chi connectivity index (χ0v) is 17.3. The molecule has 2 heterocycles. The normalized spacial score (nSPS) is 12.1. The van der Waals surface area contributed by atoms with Crippen LogP contribution in [0.3, 0.4) is 0 Å². The van der Waals surface area contributed by atoms with Crippen LogP contribution in [-0.2, 0) is 13.0 Å². The minimum absolute atomic E-state index is 0.0609. The van der Waals surface area contributed by atoms with Crippen LogP contribution in [0.1, 0.15) is 46.0 Å². The quantitative estimate of drug-likeness (QED) is 0.290. The van der Waals surface area contributed by atoms with Gasteiger partial charge in [0.1, 0.15) is 0 Å². The average Bonchev–Trinajstić information content (AvgIpc) is 3.26. The first-order valence-electron chi connectivity index (χ1n) is 9.30. The van der Waals surface area contributed by atoms with Crippen molar-refractivity contribution in [2.75, 3.05) is 5.75 Å². The number of benzene rings is 1. The van der Waals surface area contributed by atoms with Gasteiger partial charge in [0, 0.05) is 29.9 Å². The van der Waals surface area contributed by atoms with Gasteiger partial charge in [0.05, 0.1) is 5.75 Å². The highest BCUT2D eigenvalue weighted by Gasteiger charge is 2.18. The number of carbonyl (C=O) groups is 1. The minimum Gasteiger partial charge on any atom is -0.416 e. The Labute approximate surface area is 169 Å². The predicted octanol–water partition coefficient (Wildman–Crippen LogP) is 5.00. The summed E-state index contributed by atoms with van der Waals surface area (Å²) in [5.41, 5.74) is 4.00. The van der Waals surface area contributed by atoms with Gasteiger partial charge in [0.25, 0.3) is 5.22 Å². The lowest BCUT2D eigenvalue weighted by Crippen LogP contribution is -2.06. The maximum absolute atomic E-state index is 12.6. The standard InChI is InChI=1S/C22H25N3O2S/c1-5-11-25-16(3)13-19(17(25)4)20(26)14-28-22-24-23-21(27-22)12-15(2)18-9-7-6-8-10-18/h5-10,13,15H,1,11-12,14H2,2-4H3. The van der Waals surface area contributed by atoms with Gasteiger partial charge in [0.15, 0.2) is 5.78 Å². The molecule has 0 saturated carbocycles. The molecular formula is C22H25N3O2S. The number of hydrogen-bond donors (Lipinski definition) is 0. The van der Waals surface area contributed by atoms with Crippen LogP contribution in [0.2, 0.25) is 0 Å². The van der Waals surface area contributed by atoms with E-state index in [2.05, 4.69) is 40.4 Å². The third kappa shape index (κ3) is 4.62. The van der Waals surface area contributed by atoms with Crippen molar-refractivity contribution in [1.82, 2.24) is 14.8 Å². The molecule has 0 N–H and O–H groups in total. The summed E-state index contributed by atoms with van der Waals surface area (Å²) in [5.74, 6) is 1.21. The Bertz CT molecular complexity index is 960. The van der Waals surface area contributed by atoms with E-state index in [1.807, 2.05) is 44.2 Å². The SMILES string of the molecule is C=CCn1c(C)cc(C(=O)CSc2nnc(CC(C)c3ccccc3)o2)c1C. The molecular weight excluding hydrogens is 370 g/mol. The van der Waals surface area contributed by atoms with Crippen LogP contribution in [0, 0.1) is 13.8 Å². The van der Waals surface area contributed by atoms with E-state index >= 15 is 0 Å². The summed E-state index contributed by atoms with van der Waals surface area (Å²) in [5, 5.41) is 8.64. The van der Waals surface area contributed by atoms with Crippen molar-refractivity contribution in [3.63, 3.8) is 0 Å².